The molecule has 3 rings (SSSR count). The van der Waals surface area contributed by atoms with E-state index in [4.69, 9.17) is 5.73 Å². The zero-order valence-corrected chi connectivity index (χ0v) is 12.2. The van der Waals surface area contributed by atoms with Gasteiger partial charge in [-0.25, -0.2) is 9.37 Å². The fraction of sp³-hybridized carbons (Fsp3) is 0.562. The summed E-state index contributed by atoms with van der Waals surface area (Å²) < 4.78 is 15.4. The first kappa shape index (κ1) is 13.6. The molecule has 1 fully saturated rings. The van der Waals surface area contributed by atoms with Gasteiger partial charge in [0.1, 0.15) is 11.6 Å². The van der Waals surface area contributed by atoms with Crippen molar-refractivity contribution in [2.24, 2.45) is 18.7 Å². The van der Waals surface area contributed by atoms with E-state index in [1.54, 1.807) is 6.07 Å². The normalized spacial score (nSPS) is 27.1. The van der Waals surface area contributed by atoms with Crippen molar-refractivity contribution < 1.29 is 4.39 Å². The Hall–Kier alpha value is -1.42. The molecule has 0 spiro atoms. The van der Waals surface area contributed by atoms with Gasteiger partial charge in [-0.05, 0) is 43.7 Å². The Morgan fingerprint density at radius 1 is 1.40 bits per heavy atom. The maximum absolute atomic E-state index is 13.3. The Kier molecular flexibility index (Phi) is 3.28. The second-order valence-corrected chi connectivity index (χ2v) is 6.14. The molecule has 2 aromatic rings. The van der Waals surface area contributed by atoms with Crippen LogP contribution in [0.1, 0.15) is 44.9 Å². The van der Waals surface area contributed by atoms with Crippen LogP contribution in [0.4, 0.5) is 4.39 Å². The third kappa shape index (κ3) is 2.12. The molecule has 20 heavy (non-hydrogen) atoms. The smallest absolute Gasteiger partial charge is 0.129 e. The number of fused-ring (bicyclic) bond motifs is 1. The largest absolute Gasteiger partial charge is 0.330 e. The maximum Gasteiger partial charge on any atom is 0.129 e. The molecular formula is C16H22FN3. The number of hydrogen-bond acceptors (Lipinski definition) is 2. The number of benzene rings is 1. The quantitative estimate of drug-likeness (QED) is 0.912. The zero-order valence-electron chi connectivity index (χ0n) is 12.2. The van der Waals surface area contributed by atoms with E-state index >= 15 is 0 Å². The van der Waals surface area contributed by atoms with E-state index in [-0.39, 0.29) is 11.4 Å². The monoisotopic (exact) mass is 275 g/mol. The number of aryl methyl sites for hydroxylation is 1. The minimum absolute atomic E-state index is 0.247. The Morgan fingerprint density at radius 3 is 2.75 bits per heavy atom. The number of hydrogen-bond donors (Lipinski definition) is 1. The number of nitrogens with two attached hydrogens (primary N) is 1. The minimum Gasteiger partial charge on any atom is -0.330 e. The van der Waals surface area contributed by atoms with Gasteiger partial charge in [-0.15, -0.1) is 0 Å². The summed E-state index contributed by atoms with van der Waals surface area (Å²) in [7, 11) is 1.98. The first-order valence-corrected chi connectivity index (χ1v) is 7.45. The number of halogens is 1. The molecular weight excluding hydrogens is 253 g/mol. The molecule has 1 saturated carbocycles. The molecule has 4 heteroatoms. The summed E-state index contributed by atoms with van der Waals surface area (Å²) in [5.74, 6) is 1.44. The lowest BCUT2D eigenvalue weighted by atomic mass is 9.75. The molecule has 1 aromatic carbocycles. The summed E-state index contributed by atoms with van der Waals surface area (Å²) in [5, 5.41) is 0. The molecule has 1 aliphatic rings. The molecule has 1 heterocycles. The van der Waals surface area contributed by atoms with Crippen LogP contribution in [0.3, 0.4) is 0 Å². The summed E-state index contributed by atoms with van der Waals surface area (Å²) in [4.78, 5) is 4.62. The second kappa shape index (κ2) is 4.85. The Morgan fingerprint density at radius 2 is 2.10 bits per heavy atom. The fourth-order valence-corrected chi connectivity index (χ4v) is 3.44. The third-order valence-corrected chi connectivity index (χ3v) is 4.86. The lowest BCUT2D eigenvalue weighted by molar-refractivity contribution is 0.219. The molecule has 0 saturated heterocycles. The summed E-state index contributed by atoms with van der Waals surface area (Å²) in [6, 6.07) is 4.74. The second-order valence-electron chi connectivity index (χ2n) is 6.14. The maximum atomic E-state index is 13.3. The van der Waals surface area contributed by atoms with Gasteiger partial charge in [-0.2, -0.15) is 0 Å². The van der Waals surface area contributed by atoms with Gasteiger partial charge in [0.05, 0.1) is 16.6 Å². The van der Waals surface area contributed by atoms with Crippen molar-refractivity contribution in [1.29, 1.82) is 0 Å². The standard InChI is InChI=1S/C16H22FN3/c1-3-11-6-8-16(18,9-7-11)15-19-13-10-12(17)4-5-14(13)20(15)2/h4-5,10-11H,3,6-9,18H2,1-2H3. The molecule has 1 aromatic heterocycles. The van der Waals surface area contributed by atoms with Crippen LogP contribution < -0.4 is 5.73 Å². The Labute approximate surface area is 119 Å². The molecule has 1 aliphatic carbocycles. The molecule has 3 nitrogen and oxygen atoms in total. The van der Waals surface area contributed by atoms with E-state index in [2.05, 4.69) is 11.9 Å². The van der Waals surface area contributed by atoms with Crippen molar-refractivity contribution in [2.45, 2.75) is 44.6 Å². The number of imidazole rings is 1. The van der Waals surface area contributed by atoms with Crippen LogP contribution >= 0.6 is 0 Å². The Balaban J connectivity index is 1.99. The number of nitrogens with zero attached hydrogens (tertiary/aromatic N) is 2. The van der Waals surface area contributed by atoms with Gasteiger partial charge in [0, 0.05) is 13.1 Å². The lowest BCUT2D eigenvalue weighted by Gasteiger charge is -2.36. The summed E-state index contributed by atoms with van der Waals surface area (Å²) in [6.45, 7) is 2.24. The van der Waals surface area contributed by atoms with E-state index in [0.717, 1.165) is 42.9 Å². The molecule has 0 unspecified atom stereocenters. The molecule has 108 valence electrons. The van der Waals surface area contributed by atoms with Gasteiger partial charge in [-0.3, -0.25) is 0 Å². The van der Waals surface area contributed by atoms with Gasteiger partial charge in [0.2, 0.25) is 0 Å². The van der Waals surface area contributed by atoms with Crippen LogP contribution in [0.15, 0.2) is 18.2 Å². The predicted molar refractivity (Wildman–Crippen MR) is 78.8 cm³/mol. The highest BCUT2D eigenvalue weighted by Crippen LogP contribution is 2.38. The molecule has 0 amide bonds. The minimum atomic E-state index is -0.365. The molecule has 0 bridgehead atoms. The van der Waals surface area contributed by atoms with Crippen molar-refractivity contribution in [3.8, 4) is 0 Å². The van der Waals surface area contributed by atoms with Gasteiger partial charge < -0.3 is 10.3 Å². The van der Waals surface area contributed by atoms with Crippen molar-refractivity contribution in [3.05, 3.63) is 29.8 Å². The van der Waals surface area contributed by atoms with Crippen LogP contribution in [0.5, 0.6) is 0 Å². The van der Waals surface area contributed by atoms with Crippen LogP contribution in [-0.4, -0.2) is 9.55 Å². The summed E-state index contributed by atoms with van der Waals surface area (Å²) in [5.41, 5.74) is 7.90. The van der Waals surface area contributed by atoms with Crippen LogP contribution in [0, 0.1) is 11.7 Å². The highest BCUT2D eigenvalue weighted by Gasteiger charge is 2.36. The highest BCUT2D eigenvalue weighted by atomic mass is 19.1. The average molecular weight is 275 g/mol. The van der Waals surface area contributed by atoms with Crippen molar-refractivity contribution >= 4 is 11.0 Å². The van der Waals surface area contributed by atoms with E-state index < -0.39 is 0 Å². The Bertz CT molecular complexity index is 624. The third-order valence-electron chi connectivity index (χ3n) is 4.86. The van der Waals surface area contributed by atoms with Gasteiger partial charge in [0.15, 0.2) is 0 Å². The average Bonchev–Trinajstić information content (AvgIpc) is 2.77. The molecule has 0 radical (unpaired) electrons. The van der Waals surface area contributed by atoms with Crippen molar-refractivity contribution in [2.75, 3.05) is 0 Å². The fourth-order valence-electron chi connectivity index (χ4n) is 3.44. The molecule has 2 N–H and O–H groups in total. The van der Waals surface area contributed by atoms with E-state index in [1.165, 1.54) is 18.6 Å². The topological polar surface area (TPSA) is 43.8 Å². The van der Waals surface area contributed by atoms with Gasteiger partial charge in [-0.1, -0.05) is 13.3 Å². The number of aromatic nitrogens is 2. The first-order valence-electron chi connectivity index (χ1n) is 7.45. The first-order chi connectivity index (χ1) is 9.53. The van der Waals surface area contributed by atoms with Crippen molar-refractivity contribution in [3.63, 3.8) is 0 Å². The summed E-state index contributed by atoms with van der Waals surface area (Å²) in [6.07, 6.45) is 5.47. The number of rotatable bonds is 2. The summed E-state index contributed by atoms with van der Waals surface area (Å²) >= 11 is 0. The van der Waals surface area contributed by atoms with Gasteiger partial charge in [0.25, 0.3) is 0 Å². The van der Waals surface area contributed by atoms with E-state index in [0.29, 0.717) is 5.52 Å². The van der Waals surface area contributed by atoms with Crippen LogP contribution in [-0.2, 0) is 12.6 Å². The highest BCUT2D eigenvalue weighted by molar-refractivity contribution is 5.76. The van der Waals surface area contributed by atoms with Crippen LogP contribution in [0.25, 0.3) is 11.0 Å². The zero-order chi connectivity index (χ0) is 14.3. The van der Waals surface area contributed by atoms with E-state index in [1.807, 2.05) is 11.6 Å². The van der Waals surface area contributed by atoms with Gasteiger partial charge >= 0.3 is 0 Å². The lowest BCUT2D eigenvalue weighted by Crippen LogP contribution is -2.42. The van der Waals surface area contributed by atoms with E-state index in [9.17, 15) is 4.39 Å². The molecule has 0 aliphatic heterocycles. The van der Waals surface area contributed by atoms with Crippen molar-refractivity contribution in [1.82, 2.24) is 9.55 Å². The predicted octanol–water partition coefficient (Wildman–Crippen LogP) is 3.47. The van der Waals surface area contributed by atoms with Crippen LogP contribution in [0.2, 0.25) is 0 Å². The molecule has 0 atom stereocenters. The SMILES string of the molecule is CCC1CCC(N)(c2nc3cc(F)ccc3n2C)CC1.